The second-order valence-electron chi connectivity index (χ2n) is 6.14. The van der Waals surface area contributed by atoms with Gasteiger partial charge in [-0.25, -0.2) is 9.97 Å². The molecule has 10 heteroatoms. The lowest BCUT2D eigenvalue weighted by Gasteiger charge is -2.26. The van der Waals surface area contributed by atoms with Gasteiger partial charge in [0.25, 0.3) is 5.91 Å². The third-order valence-corrected chi connectivity index (χ3v) is 4.14. The van der Waals surface area contributed by atoms with Gasteiger partial charge in [0.05, 0.1) is 13.2 Å². The molecule has 0 aliphatic carbocycles. The first-order chi connectivity index (χ1) is 13.7. The van der Waals surface area contributed by atoms with Crippen LogP contribution in [0.15, 0.2) is 36.7 Å². The Labute approximate surface area is 163 Å². The van der Waals surface area contributed by atoms with E-state index < -0.39 is 0 Å². The number of carbonyl (C=O) groups excluding carboxylic acids is 1. The fraction of sp³-hybridized carbons (Fsp3) is 0.389. The molecule has 3 rings (SSSR count). The number of ether oxygens (including phenoxy) is 2. The molecule has 1 aromatic heterocycles. The van der Waals surface area contributed by atoms with Crippen molar-refractivity contribution in [3.63, 3.8) is 0 Å². The Morgan fingerprint density at radius 1 is 1.18 bits per heavy atom. The zero-order chi connectivity index (χ0) is 19.6. The fourth-order valence-electron chi connectivity index (χ4n) is 2.62. The van der Waals surface area contributed by atoms with E-state index in [1.165, 1.54) is 6.33 Å². The molecule has 0 atom stereocenters. The van der Waals surface area contributed by atoms with Crippen LogP contribution in [0.5, 0.6) is 5.75 Å². The second kappa shape index (κ2) is 10.3. The number of benzene rings is 1. The Morgan fingerprint density at radius 3 is 2.71 bits per heavy atom. The molecule has 1 aliphatic heterocycles. The fourth-order valence-corrected chi connectivity index (χ4v) is 2.62. The number of nitrogens with one attached hydrogen (secondary N) is 3. The van der Waals surface area contributed by atoms with Crippen LogP contribution in [0.2, 0.25) is 0 Å². The minimum atomic E-state index is -0.358. The lowest BCUT2D eigenvalue weighted by atomic mass is 10.3. The van der Waals surface area contributed by atoms with Crippen LogP contribution < -0.4 is 26.6 Å². The molecule has 1 aromatic carbocycles. The zero-order valence-corrected chi connectivity index (χ0v) is 15.6. The highest BCUT2D eigenvalue weighted by atomic mass is 16.5. The van der Waals surface area contributed by atoms with E-state index in [0.29, 0.717) is 29.6 Å². The summed E-state index contributed by atoms with van der Waals surface area (Å²) >= 11 is 0. The van der Waals surface area contributed by atoms with Crippen molar-refractivity contribution >= 4 is 23.2 Å². The molecule has 1 saturated heterocycles. The maximum absolute atomic E-state index is 11.9. The van der Waals surface area contributed by atoms with Crippen molar-refractivity contribution in [2.24, 2.45) is 0 Å². The monoisotopic (exact) mass is 387 g/mol. The number of hydrazine groups is 1. The number of amides is 1. The van der Waals surface area contributed by atoms with Crippen molar-refractivity contribution in [2.45, 2.75) is 0 Å². The van der Waals surface area contributed by atoms with Gasteiger partial charge in [-0.1, -0.05) is 18.2 Å². The Morgan fingerprint density at radius 2 is 1.93 bits per heavy atom. The number of carbonyl (C=O) groups is 1. The molecular formula is C18H25N7O3. The van der Waals surface area contributed by atoms with E-state index in [4.69, 9.17) is 15.2 Å². The van der Waals surface area contributed by atoms with Crippen molar-refractivity contribution in [3.8, 4) is 5.75 Å². The van der Waals surface area contributed by atoms with Crippen LogP contribution in [0.25, 0.3) is 0 Å². The Hall–Kier alpha value is -3.11. The normalized spacial score (nSPS) is 14.3. The molecule has 0 radical (unpaired) electrons. The minimum absolute atomic E-state index is 0.132. The third-order valence-electron chi connectivity index (χ3n) is 4.14. The Kier molecular flexibility index (Phi) is 7.21. The van der Waals surface area contributed by atoms with E-state index in [1.54, 1.807) is 12.1 Å². The first kappa shape index (κ1) is 19.6. The molecule has 0 bridgehead atoms. The van der Waals surface area contributed by atoms with Gasteiger partial charge in [-0.15, -0.1) is 0 Å². The first-order valence-corrected chi connectivity index (χ1v) is 9.09. The van der Waals surface area contributed by atoms with Crippen LogP contribution in [0, 0.1) is 0 Å². The highest BCUT2D eigenvalue weighted by Gasteiger charge is 2.12. The van der Waals surface area contributed by atoms with Crippen molar-refractivity contribution in [3.05, 3.63) is 36.7 Å². The van der Waals surface area contributed by atoms with Crippen LogP contribution in [0.4, 0.5) is 17.3 Å². The molecule has 2 heterocycles. The van der Waals surface area contributed by atoms with Gasteiger partial charge in [-0.3, -0.25) is 20.5 Å². The topological polar surface area (TPSA) is 127 Å². The predicted molar refractivity (Wildman–Crippen MR) is 106 cm³/mol. The van der Waals surface area contributed by atoms with Crippen molar-refractivity contribution in [1.29, 1.82) is 0 Å². The van der Waals surface area contributed by atoms with Crippen LogP contribution in [0.1, 0.15) is 0 Å². The average molecular weight is 387 g/mol. The number of nitrogens with two attached hydrogens (primary N) is 1. The number of rotatable bonds is 9. The smallest absolute Gasteiger partial charge is 0.276 e. The summed E-state index contributed by atoms with van der Waals surface area (Å²) in [5.74, 6) is 1.09. The van der Waals surface area contributed by atoms with Crippen LogP contribution in [-0.4, -0.2) is 66.8 Å². The minimum Gasteiger partial charge on any atom is -0.484 e. The summed E-state index contributed by atoms with van der Waals surface area (Å²) < 4.78 is 10.7. The van der Waals surface area contributed by atoms with E-state index in [0.717, 1.165) is 32.8 Å². The van der Waals surface area contributed by atoms with E-state index in [1.807, 2.05) is 18.2 Å². The number of anilines is 3. The molecule has 0 spiro atoms. The molecule has 1 fully saturated rings. The number of aromatic nitrogens is 2. The van der Waals surface area contributed by atoms with Gasteiger partial charge in [0.2, 0.25) is 0 Å². The maximum Gasteiger partial charge on any atom is 0.276 e. The van der Waals surface area contributed by atoms with Crippen molar-refractivity contribution < 1.29 is 14.3 Å². The summed E-state index contributed by atoms with van der Waals surface area (Å²) in [6.07, 6.45) is 1.38. The zero-order valence-electron chi connectivity index (χ0n) is 15.6. The average Bonchev–Trinajstić information content (AvgIpc) is 2.74. The highest BCUT2D eigenvalue weighted by Crippen LogP contribution is 2.21. The van der Waals surface area contributed by atoms with Crippen LogP contribution in [-0.2, 0) is 9.53 Å². The van der Waals surface area contributed by atoms with E-state index >= 15 is 0 Å². The van der Waals surface area contributed by atoms with E-state index in [-0.39, 0.29) is 12.5 Å². The van der Waals surface area contributed by atoms with Gasteiger partial charge in [-0.2, -0.15) is 0 Å². The van der Waals surface area contributed by atoms with Crippen molar-refractivity contribution in [1.82, 2.24) is 20.3 Å². The Bertz CT molecular complexity index is 754. The second-order valence-corrected chi connectivity index (χ2v) is 6.14. The van der Waals surface area contributed by atoms with Gasteiger partial charge >= 0.3 is 0 Å². The predicted octanol–water partition coefficient (Wildman–Crippen LogP) is 0.325. The Balaban J connectivity index is 1.43. The molecule has 10 nitrogen and oxygen atoms in total. The number of hydrogen-bond acceptors (Lipinski definition) is 9. The van der Waals surface area contributed by atoms with Crippen LogP contribution >= 0.6 is 0 Å². The highest BCUT2D eigenvalue weighted by molar-refractivity contribution is 5.81. The summed E-state index contributed by atoms with van der Waals surface area (Å²) in [4.78, 5) is 22.4. The first-order valence-electron chi connectivity index (χ1n) is 9.09. The molecular weight excluding hydrogens is 362 g/mol. The lowest BCUT2D eigenvalue weighted by Crippen LogP contribution is -2.39. The molecule has 0 unspecified atom stereocenters. The molecule has 2 aromatic rings. The van der Waals surface area contributed by atoms with Crippen molar-refractivity contribution in [2.75, 3.05) is 62.5 Å². The maximum atomic E-state index is 11.9. The molecule has 0 saturated carbocycles. The molecule has 1 amide bonds. The SMILES string of the molecule is Nc1c(NCCN2CCOCC2)ncnc1NNC(=O)COc1ccccc1. The summed E-state index contributed by atoms with van der Waals surface area (Å²) in [5, 5.41) is 3.20. The number of hydrogen-bond donors (Lipinski definition) is 4. The van der Waals surface area contributed by atoms with Gasteiger partial charge in [-0.05, 0) is 12.1 Å². The number of para-hydroxylation sites is 1. The number of nitrogen functional groups attached to an aromatic ring is 1. The summed E-state index contributed by atoms with van der Waals surface area (Å²) in [7, 11) is 0. The largest absolute Gasteiger partial charge is 0.484 e. The van der Waals surface area contributed by atoms with E-state index in [2.05, 4.69) is 31.0 Å². The standard InChI is InChI=1S/C18H25N7O3/c19-16-17(20-6-7-25-8-10-27-11-9-25)21-13-22-18(16)24-23-15(26)12-28-14-4-2-1-3-5-14/h1-5,13H,6-12,19H2,(H,23,26)(H2,20,21,22,24). The molecule has 1 aliphatic rings. The quantitative estimate of drug-likeness (QED) is 0.450. The molecule has 150 valence electrons. The summed E-state index contributed by atoms with van der Waals surface area (Å²) in [5.41, 5.74) is 11.6. The number of morpholine rings is 1. The van der Waals surface area contributed by atoms with Gasteiger partial charge in [0.15, 0.2) is 18.2 Å². The third kappa shape index (κ3) is 5.96. The number of nitrogens with zero attached hydrogens (tertiary/aromatic N) is 3. The molecule has 5 N–H and O–H groups in total. The van der Waals surface area contributed by atoms with Gasteiger partial charge in [0, 0.05) is 26.2 Å². The van der Waals surface area contributed by atoms with E-state index in [9.17, 15) is 4.79 Å². The molecule has 28 heavy (non-hydrogen) atoms. The summed E-state index contributed by atoms with van der Waals surface area (Å²) in [6.45, 7) is 4.79. The van der Waals surface area contributed by atoms with Crippen LogP contribution in [0.3, 0.4) is 0 Å². The van der Waals surface area contributed by atoms with Gasteiger partial charge in [0.1, 0.15) is 17.8 Å². The van der Waals surface area contributed by atoms with Gasteiger partial charge < -0.3 is 20.5 Å². The summed E-state index contributed by atoms with van der Waals surface area (Å²) in [6, 6.07) is 9.09. The lowest BCUT2D eigenvalue weighted by molar-refractivity contribution is -0.122.